The molecule has 0 amide bonds. The maximum absolute atomic E-state index is 5.80. The summed E-state index contributed by atoms with van der Waals surface area (Å²) in [5, 5.41) is 0. The van der Waals surface area contributed by atoms with Gasteiger partial charge >= 0.3 is 0 Å². The molecule has 1 aromatic carbocycles. The number of benzene rings is 1. The lowest BCUT2D eigenvalue weighted by molar-refractivity contribution is -0.108. The van der Waals surface area contributed by atoms with Gasteiger partial charge in [0.2, 0.25) is 6.29 Å². The van der Waals surface area contributed by atoms with Crippen LogP contribution in [0.1, 0.15) is 29.3 Å². The number of hydrogen-bond acceptors (Lipinski definition) is 5. The van der Waals surface area contributed by atoms with Crippen molar-refractivity contribution in [2.75, 3.05) is 20.8 Å². The second kappa shape index (κ2) is 6.20. The zero-order valence-corrected chi connectivity index (χ0v) is 12.2. The summed E-state index contributed by atoms with van der Waals surface area (Å²) in [5.74, 6) is 1.87. The molecule has 1 unspecified atom stereocenters. The van der Waals surface area contributed by atoms with Gasteiger partial charge in [0.05, 0.1) is 18.2 Å². The van der Waals surface area contributed by atoms with Gasteiger partial charge in [-0.15, -0.1) is 0 Å². The Balaban J connectivity index is 1.84. The fourth-order valence-corrected chi connectivity index (χ4v) is 2.55. The molecule has 2 heterocycles. The first-order chi connectivity index (χ1) is 10.3. The van der Waals surface area contributed by atoms with Gasteiger partial charge in [-0.25, -0.2) is 9.97 Å². The topological polar surface area (TPSA) is 53.5 Å². The third-order valence-electron chi connectivity index (χ3n) is 3.61. The van der Waals surface area contributed by atoms with Crippen molar-refractivity contribution in [3.63, 3.8) is 0 Å². The van der Waals surface area contributed by atoms with Crippen LogP contribution in [0.5, 0.6) is 5.75 Å². The molecule has 110 valence electrons. The van der Waals surface area contributed by atoms with Crippen molar-refractivity contribution in [2.24, 2.45) is 0 Å². The fraction of sp³-hybridized carbons (Fsp3) is 0.375. The Morgan fingerprint density at radius 3 is 2.81 bits per heavy atom. The van der Waals surface area contributed by atoms with Crippen LogP contribution in [0.2, 0.25) is 0 Å². The van der Waals surface area contributed by atoms with E-state index >= 15 is 0 Å². The van der Waals surface area contributed by atoms with E-state index in [1.54, 1.807) is 26.5 Å². The Labute approximate surface area is 123 Å². The number of aromatic nitrogens is 2. The average Bonchev–Trinajstić information content (AvgIpc) is 2.56. The molecule has 0 fully saturated rings. The van der Waals surface area contributed by atoms with Crippen LogP contribution in [0, 0.1) is 0 Å². The molecule has 2 aromatic rings. The minimum Gasteiger partial charge on any atom is -0.493 e. The normalized spacial score (nSPS) is 17.4. The minimum atomic E-state index is -0.469. The molecule has 5 nitrogen and oxygen atoms in total. The first kappa shape index (κ1) is 14.0. The third-order valence-corrected chi connectivity index (χ3v) is 3.61. The number of methoxy groups -OCH3 is 2. The highest BCUT2D eigenvalue weighted by Gasteiger charge is 2.24. The van der Waals surface area contributed by atoms with Crippen molar-refractivity contribution in [2.45, 2.75) is 18.6 Å². The Kier molecular flexibility index (Phi) is 4.13. The Morgan fingerprint density at radius 1 is 1.19 bits per heavy atom. The second-order valence-corrected chi connectivity index (χ2v) is 4.96. The predicted octanol–water partition coefficient (Wildman–Crippen LogP) is 2.49. The maximum Gasteiger partial charge on any atom is 0.200 e. The highest BCUT2D eigenvalue weighted by molar-refractivity contribution is 5.36. The van der Waals surface area contributed by atoms with Crippen molar-refractivity contribution < 1.29 is 14.2 Å². The summed E-state index contributed by atoms with van der Waals surface area (Å²) >= 11 is 0. The number of rotatable bonds is 4. The summed E-state index contributed by atoms with van der Waals surface area (Å²) in [7, 11) is 3.19. The van der Waals surface area contributed by atoms with Gasteiger partial charge in [0.15, 0.2) is 0 Å². The summed E-state index contributed by atoms with van der Waals surface area (Å²) in [4.78, 5) is 8.95. The summed E-state index contributed by atoms with van der Waals surface area (Å²) in [6.45, 7) is 0.588. The molecule has 5 heteroatoms. The van der Waals surface area contributed by atoms with Crippen molar-refractivity contribution in [1.29, 1.82) is 0 Å². The molecule has 1 aromatic heterocycles. The minimum absolute atomic E-state index is 0.147. The van der Waals surface area contributed by atoms with Gasteiger partial charge in [-0.1, -0.05) is 18.2 Å². The van der Waals surface area contributed by atoms with E-state index in [4.69, 9.17) is 14.2 Å². The molecule has 0 N–H and O–H groups in total. The quantitative estimate of drug-likeness (QED) is 0.808. The van der Waals surface area contributed by atoms with Gasteiger partial charge in [-0.2, -0.15) is 0 Å². The van der Waals surface area contributed by atoms with Gasteiger partial charge in [-0.3, -0.25) is 0 Å². The molecule has 3 rings (SSSR count). The van der Waals surface area contributed by atoms with E-state index in [0.717, 1.165) is 23.7 Å². The number of para-hydroxylation sites is 1. The predicted molar refractivity (Wildman–Crippen MR) is 77.2 cm³/mol. The van der Waals surface area contributed by atoms with Crippen molar-refractivity contribution in [3.8, 4) is 5.75 Å². The van der Waals surface area contributed by atoms with E-state index in [1.807, 2.05) is 18.2 Å². The van der Waals surface area contributed by atoms with Crippen LogP contribution in [-0.2, 0) is 15.9 Å². The molecule has 1 atom stereocenters. The van der Waals surface area contributed by atoms with E-state index in [0.29, 0.717) is 6.61 Å². The Hall–Kier alpha value is -1.98. The highest BCUT2D eigenvalue weighted by Crippen LogP contribution is 2.31. The van der Waals surface area contributed by atoms with Crippen LogP contribution in [0.3, 0.4) is 0 Å². The standard InChI is InChI=1S/C16H18N2O3/c1-19-16(20-2)13-7-8-17-15(18-13)12-9-11-5-3-4-6-14(11)21-10-12/h3-8,12,16H,9-10H2,1-2H3. The maximum atomic E-state index is 5.80. The van der Waals surface area contributed by atoms with Gasteiger partial charge in [0.1, 0.15) is 11.6 Å². The number of hydrogen-bond donors (Lipinski definition) is 0. The van der Waals surface area contributed by atoms with E-state index < -0.39 is 6.29 Å². The summed E-state index contributed by atoms with van der Waals surface area (Å²) in [5.41, 5.74) is 1.92. The largest absolute Gasteiger partial charge is 0.493 e. The fourth-order valence-electron chi connectivity index (χ4n) is 2.55. The number of nitrogens with zero attached hydrogens (tertiary/aromatic N) is 2. The van der Waals surface area contributed by atoms with Crippen LogP contribution in [0.4, 0.5) is 0 Å². The lowest BCUT2D eigenvalue weighted by Gasteiger charge is -2.24. The van der Waals surface area contributed by atoms with Gasteiger partial charge in [0.25, 0.3) is 0 Å². The molecule has 21 heavy (non-hydrogen) atoms. The number of ether oxygens (including phenoxy) is 3. The third kappa shape index (κ3) is 2.89. The van der Waals surface area contributed by atoms with Crippen LogP contribution < -0.4 is 4.74 Å². The molecule has 1 aliphatic heterocycles. The van der Waals surface area contributed by atoms with Crippen LogP contribution in [0.25, 0.3) is 0 Å². The summed E-state index contributed by atoms with van der Waals surface area (Å²) in [6, 6.07) is 9.89. The molecule has 1 aliphatic rings. The van der Waals surface area contributed by atoms with E-state index in [9.17, 15) is 0 Å². The summed E-state index contributed by atoms with van der Waals surface area (Å²) in [6.07, 6.45) is 2.15. The Bertz CT molecular complexity index is 614. The van der Waals surface area contributed by atoms with Crippen LogP contribution >= 0.6 is 0 Å². The van der Waals surface area contributed by atoms with E-state index in [1.165, 1.54) is 5.56 Å². The molecule has 0 saturated carbocycles. The van der Waals surface area contributed by atoms with Crippen LogP contribution in [0.15, 0.2) is 36.5 Å². The Morgan fingerprint density at radius 2 is 2.00 bits per heavy atom. The van der Waals surface area contributed by atoms with Crippen molar-refractivity contribution in [1.82, 2.24) is 9.97 Å². The zero-order chi connectivity index (χ0) is 14.7. The smallest absolute Gasteiger partial charge is 0.200 e. The first-order valence-corrected chi connectivity index (χ1v) is 6.91. The zero-order valence-electron chi connectivity index (χ0n) is 12.2. The van der Waals surface area contributed by atoms with Gasteiger partial charge in [-0.05, 0) is 24.1 Å². The lowest BCUT2D eigenvalue weighted by atomic mass is 9.96. The molecule has 0 spiro atoms. The molecular formula is C16H18N2O3. The molecule has 0 saturated heterocycles. The second-order valence-electron chi connectivity index (χ2n) is 4.96. The van der Waals surface area contributed by atoms with E-state index in [2.05, 4.69) is 16.0 Å². The van der Waals surface area contributed by atoms with Gasteiger partial charge in [0, 0.05) is 20.4 Å². The van der Waals surface area contributed by atoms with Crippen LogP contribution in [-0.4, -0.2) is 30.8 Å². The molecule has 0 bridgehead atoms. The number of fused-ring (bicyclic) bond motifs is 1. The van der Waals surface area contributed by atoms with Gasteiger partial charge < -0.3 is 14.2 Å². The first-order valence-electron chi connectivity index (χ1n) is 6.91. The molecular weight excluding hydrogens is 268 g/mol. The highest BCUT2D eigenvalue weighted by atomic mass is 16.7. The SMILES string of the molecule is COC(OC)c1ccnc(C2COc3ccccc3C2)n1. The van der Waals surface area contributed by atoms with Crippen molar-refractivity contribution in [3.05, 3.63) is 53.6 Å². The molecule has 0 aliphatic carbocycles. The monoisotopic (exact) mass is 286 g/mol. The summed E-state index contributed by atoms with van der Waals surface area (Å²) < 4.78 is 16.3. The lowest BCUT2D eigenvalue weighted by Crippen LogP contribution is -2.22. The van der Waals surface area contributed by atoms with Crippen molar-refractivity contribution >= 4 is 0 Å². The average molecular weight is 286 g/mol. The molecule has 0 radical (unpaired) electrons. The van der Waals surface area contributed by atoms with E-state index in [-0.39, 0.29) is 5.92 Å².